The molecular formula is C16H27ClN2O2. The molecule has 21 heavy (non-hydrogen) atoms. The summed E-state index contributed by atoms with van der Waals surface area (Å²) in [5.41, 5.74) is 6.48. The number of rotatable bonds is 7. The van der Waals surface area contributed by atoms with Gasteiger partial charge in [0.2, 0.25) is 5.91 Å². The Balaban J connectivity index is 0.00000400. The lowest BCUT2D eigenvalue weighted by molar-refractivity contribution is -0.119. The van der Waals surface area contributed by atoms with Gasteiger partial charge >= 0.3 is 0 Å². The van der Waals surface area contributed by atoms with E-state index in [4.69, 9.17) is 10.5 Å². The Kier molecular flexibility index (Phi) is 9.06. The highest BCUT2D eigenvalue weighted by Gasteiger charge is 2.16. The van der Waals surface area contributed by atoms with Crippen LogP contribution in [0, 0.1) is 11.8 Å². The van der Waals surface area contributed by atoms with Crippen LogP contribution in [0.25, 0.3) is 0 Å². The van der Waals surface area contributed by atoms with Gasteiger partial charge in [-0.15, -0.1) is 12.4 Å². The van der Waals surface area contributed by atoms with E-state index in [1.54, 1.807) is 0 Å². The highest BCUT2D eigenvalue weighted by molar-refractivity contribution is 5.92. The molecule has 0 aliphatic carbocycles. The number of nitrogens with one attached hydrogen (secondary N) is 1. The van der Waals surface area contributed by atoms with Crippen molar-refractivity contribution >= 4 is 24.0 Å². The Morgan fingerprint density at radius 1 is 1.19 bits per heavy atom. The largest absolute Gasteiger partial charge is 0.494 e. The van der Waals surface area contributed by atoms with Crippen molar-refractivity contribution in [2.75, 3.05) is 11.9 Å². The van der Waals surface area contributed by atoms with E-state index in [9.17, 15) is 4.79 Å². The van der Waals surface area contributed by atoms with Crippen LogP contribution in [0.1, 0.15) is 34.1 Å². The van der Waals surface area contributed by atoms with Gasteiger partial charge in [-0.1, -0.05) is 20.8 Å². The van der Waals surface area contributed by atoms with Crippen molar-refractivity contribution in [1.82, 2.24) is 0 Å². The van der Waals surface area contributed by atoms with E-state index in [2.05, 4.69) is 19.2 Å². The second kappa shape index (κ2) is 9.64. The summed E-state index contributed by atoms with van der Waals surface area (Å²) >= 11 is 0. The van der Waals surface area contributed by atoms with E-state index in [1.807, 2.05) is 38.1 Å². The quantitative estimate of drug-likeness (QED) is 0.810. The van der Waals surface area contributed by atoms with Gasteiger partial charge in [-0.2, -0.15) is 0 Å². The summed E-state index contributed by atoms with van der Waals surface area (Å²) in [5, 5.41) is 2.85. The molecule has 0 radical (unpaired) electrons. The standard InChI is InChI=1S/C16H26N2O2.ClH/c1-11(2)9-10-20-15-7-5-14(6-8-15)18-16(19)12(3)13(4)17;/h5-8,11-13H,9-10,17H2,1-4H3,(H,18,19);1H. The van der Waals surface area contributed by atoms with Crippen molar-refractivity contribution in [3.63, 3.8) is 0 Å². The third kappa shape index (κ3) is 7.34. The predicted molar refractivity (Wildman–Crippen MR) is 90.1 cm³/mol. The highest BCUT2D eigenvalue weighted by Crippen LogP contribution is 2.17. The number of carbonyl (C=O) groups is 1. The Bertz CT molecular complexity index is 419. The molecular weight excluding hydrogens is 288 g/mol. The van der Waals surface area contributed by atoms with Crippen molar-refractivity contribution in [3.8, 4) is 5.75 Å². The molecule has 0 saturated heterocycles. The molecule has 0 fully saturated rings. The number of halogens is 1. The number of hydrogen-bond donors (Lipinski definition) is 2. The van der Waals surface area contributed by atoms with Crippen molar-refractivity contribution in [2.24, 2.45) is 17.6 Å². The van der Waals surface area contributed by atoms with Crippen LogP contribution in [-0.4, -0.2) is 18.6 Å². The lowest BCUT2D eigenvalue weighted by Crippen LogP contribution is -2.34. The van der Waals surface area contributed by atoms with Crippen LogP contribution in [0.3, 0.4) is 0 Å². The summed E-state index contributed by atoms with van der Waals surface area (Å²) < 4.78 is 5.63. The molecule has 0 saturated carbocycles. The van der Waals surface area contributed by atoms with Gasteiger partial charge in [0.1, 0.15) is 5.75 Å². The van der Waals surface area contributed by atoms with Gasteiger partial charge in [0.05, 0.1) is 12.5 Å². The van der Waals surface area contributed by atoms with E-state index in [0.29, 0.717) is 12.5 Å². The lowest BCUT2D eigenvalue weighted by Gasteiger charge is -2.15. The first-order chi connectivity index (χ1) is 9.40. The van der Waals surface area contributed by atoms with E-state index in [0.717, 1.165) is 17.9 Å². The molecule has 0 heterocycles. The Morgan fingerprint density at radius 2 is 1.76 bits per heavy atom. The molecule has 0 aliphatic rings. The number of nitrogens with two attached hydrogens (primary N) is 1. The third-order valence-electron chi connectivity index (χ3n) is 3.29. The molecule has 0 bridgehead atoms. The minimum Gasteiger partial charge on any atom is -0.494 e. The highest BCUT2D eigenvalue weighted by atomic mass is 35.5. The van der Waals surface area contributed by atoms with Crippen LogP contribution in [0.15, 0.2) is 24.3 Å². The zero-order valence-electron chi connectivity index (χ0n) is 13.3. The fraction of sp³-hybridized carbons (Fsp3) is 0.562. The molecule has 2 atom stereocenters. The minimum absolute atomic E-state index is 0. The lowest BCUT2D eigenvalue weighted by atomic mass is 10.0. The summed E-state index contributed by atoms with van der Waals surface area (Å²) in [5.74, 6) is 1.18. The fourth-order valence-corrected chi connectivity index (χ4v) is 1.54. The van der Waals surface area contributed by atoms with Crippen LogP contribution in [0.4, 0.5) is 5.69 Å². The minimum atomic E-state index is -0.211. The number of carbonyl (C=O) groups excluding carboxylic acids is 1. The van der Waals surface area contributed by atoms with Gasteiger partial charge in [0.15, 0.2) is 0 Å². The van der Waals surface area contributed by atoms with Crippen molar-refractivity contribution in [3.05, 3.63) is 24.3 Å². The maximum atomic E-state index is 11.9. The second-order valence-corrected chi connectivity index (χ2v) is 5.69. The van der Waals surface area contributed by atoms with Crippen molar-refractivity contribution in [1.29, 1.82) is 0 Å². The fourth-order valence-electron chi connectivity index (χ4n) is 1.54. The average molecular weight is 315 g/mol. The van der Waals surface area contributed by atoms with Gasteiger partial charge in [-0.05, 0) is 43.5 Å². The number of hydrogen-bond acceptors (Lipinski definition) is 3. The summed E-state index contributed by atoms with van der Waals surface area (Å²) in [7, 11) is 0. The number of amides is 1. The second-order valence-electron chi connectivity index (χ2n) is 5.69. The summed E-state index contributed by atoms with van der Waals surface area (Å²) in [4.78, 5) is 11.9. The molecule has 0 aliphatic heterocycles. The molecule has 0 spiro atoms. The molecule has 3 N–H and O–H groups in total. The number of ether oxygens (including phenoxy) is 1. The van der Waals surface area contributed by atoms with E-state index in [1.165, 1.54) is 0 Å². The van der Waals surface area contributed by atoms with Crippen LogP contribution in [0.2, 0.25) is 0 Å². The SMILES string of the molecule is CC(C)CCOc1ccc(NC(=O)C(C)C(C)N)cc1.Cl. The number of anilines is 1. The maximum absolute atomic E-state index is 11.9. The monoisotopic (exact) mass is 314 g/mol. The van der Waals surface area contributed by atoms with Gasteiger partial charge in [-0.25, -0.2) is 0 Å². The van der Waals surface area contributed by atoms with E-state index < -0.39 is 0 Å². The Morgan fingerprint density at radius 3 is 2.24 bits per heavy atom. The van der Waals surface area contributed by atoms with Crippen LogP contribution >= 0.6 is 12.4 Å². The summed E-state index contributed by atoms with van der Waals surface area (Å²) in [6.45, 7) is 8.70. The zero-order chi connectivity index (χ0) is 15.1. The van der Waals surface area contributed by atoms with E-state index in [-0.39, 0.29) is 30.3 Å². The normalized spacial score (nSPS) is 13.2. The maximum Gasteiger partial charge on any atom is 0.228 e. The van der Waals surface area contributed by atoms with Crippen molar-refractivity contribution < 1.29 is 9.53 Å². The summed E-state index contributed by atoms with van der Waals surface area (Å²) in [6.07, 6.45) is 1.03. The van der Waals surface area contributed by atoms with Crippen molar-refractivity contribution in [2.45, 2.75) is 40.2 Å². The first kappa shape index (κ1) is 19.7. The first-order valence-corrected chi connectivity index (χ1v) is 7.19. The van der Waals surface area contributed by atoms with Gasteiger partial charge in [0.25, 0.3) is 0 Å². The molecule has 1 aromatic carbocycles. The number of benzene rings is 1. The summed E-state index contributed by atoms with van der Waals surface area (Å²) in [6, 6.07) is 7.26. The van der Waals surface area contributed by atoms with E-state index >= 15 is 0 Å². The average Bonchev–Trinajstić information content (AvgIpc) is 2.39. The van der Waals surface area contributed by atoms with Gasteiger partial charge < -0.3 is 15.8 Å². The molecule has 5 heteroatoms. The van der Waals surface area contributed by atoms with Gasteiger partial charge in [0, 0.05) is 11.7 Å². The molecule has 0 aromatic heterocycles. The molecule has 1 rings (SSSR count). The van der Waals surface area contributed by atoms with Crippen LogP contribution < -0.4 is 15.8 Å². The molecule has 2 unspecified atom stereocenters. The Labute approximate surface area is 133 Å². The van der Waals surface area contributed by atoms with Crippen LogP contribution in [0.5, 0.6) is 5.75 Å². The zero-order valence-corrected chi connectivity index (χ0v) is 14.1. The topological polar surface area (TPSA) is 64.3 Å². The molecule has 120 valence electrons. The van der Waals surface area contributed by atoms with Crippen LogP contribution in [-0.2, 0) is 4.79 Å². The van der Waals surface area contributed by atoms with Gasteiger partial charge in [-0.3, -0.25) is 4.79 Å². The molecule has 1 aromatic rings. The smallest absolute Gasteiger partial charge is 0.228 e. The predicted octanol–water partition coefficient (Wildman–Crippen LogP) is 3.46. The molecule has 4 nitrogen and oxygen atoms in total. The molecule has 1 amide bonds. The Hall–Kier alpha value is -1.26. The third-order valence-corrected chi connectivity index (χ3v) is 3.29. The first-order valence-electron chi connectivity index (χ1n) is 7.19.